The third kappa shape index (κ3) is 6.74. The van der Waals surface area contributed by atoms with Crippen LogP contribution in [0.3, 0.4) is 0 Å². The maximum atomic E-state index is 13.1. The Balaban J connectivity index is 1.26. The van der Waals surface area contributed by atoms with Crippen LogP contribution in [0.15, 0.2) is 49.4 Å². The number of fused-ring (bicyclic) bond motifs is 1. The number of amidine groups is 1. The number of hydrogen-bond acceptors (Lipinski definition) is 9. The molecule has 228 valence electrons. The molecule has 1 aromatic carbocycles. The zero-order chi connectivity index (χ0) is 30.2. The first-order valence-corrected chi connectivity index (χ1v) is 16.5. The van der Waals surface area contributed by atoms with Gasteiger partial charge in [-0.1, -0.05) is 23.4 Å². The van der Waals surface area contributed by atoms with Gasteiger partial charge in [0, 0.05) is 34.8 Å². The predicted octanol–water partition coefficient (Wildman–Crippen LogP) is 4.38. The minimum Gasteiger partial charge on any atom is -0.598 e. The number of halogens is 1. The third-order valence-electron chi connectivity index (χ3n) is 8.20. The summed E-state index contributed by atoms with van der Waals surface area (Å²) in [6.45, 7) is 17.1. The Hall–Kier alpha value is -1.93. The number of likely N-dealkylation sites (tertiary alicyclic amines) is 1. The first-order valence-electron chi connectivity index (χ1n) is 14.1. The largest absolute Gasteiger partial charge is 0.598 e. The van der Waals surface area contributed by atoms with Crippen molar-refractivity contribution >= 4 is 58.2 Å². The van der Waals surface area contributed by atoms with E-state index in [0.29, 0.717) is 45.6 Å². The maximum Gasteiger partial charge on any atom is 0.262 e. The molecule has 1 aromatic heterocycles. The quantitative estimate of drug-likeness (QED) is 0.149. The van der Waals surface area contributed by atoms with Crippen molar-refractivity contribution < 1.29 is 14.0 Å². The molecule has 3 saturated heterocycles. The fourth-order valence-corrected chi connectivity index (χ4v) is 7.56. The molecule has 0 saturated carbocycles. The number of rotatable bonds is 8. The molecule has 0 aliphatic carbocycles. The van der Waals surface area contributed by atoms with Crippen LogP contribution in [0, 0.1) is 5.41 Å². The Labute approximate surface area is 259 Å². The molecule has 42 heavy (non-hydrogen) atoms. The van der Waals surface area contributed by atoms with Gasteiger partial charge >= 0.3 is 0 Å². The van der Waals surface area contributed by atoms with Crippen LogP contribution in [-0.2, 0) is 27.4 Å². The molecule has 0 amide bonds. The number of hydrogen-bond donors (Lipinski definition) is 1. The molecule has 3 aliphatic rings. The molecule has 10 nitrogen and oxygen atoms in total. The Kier molecular flexibility index (Phi) is 9.44. The Bertz CT molecular complexity index is 1450. The summed E-state index contributed by atoms with van der Waals surface area (Å²) in [6, 6.07) is 3.66. The molecular formula is C29H39ClN6O4S2. The summed E-state index contributed by atoms with van der Waals surface area (Å²) in [5.74, 6) is 0.875. The number of aromatic nitrogens is 2. The third-order valence-corrected chi connectivity index (χ3v) is 11.3. The molecule has 3 aliphatic heterocycles. The lowest BCUT2D eigenvalue weighted by Gasteiger charge is -2.43. The van der Waals surface area contributed by atoms with Crippen LogP contribution >= 0.6 is 23.4 Å². The highest BCUT2D eigenvalue weighted by Crippen LogP contribution is 2.43. The van der Waals surface area contributed by atoms with Crippen molar-refractivity contribution in [3.05, 3.63) is 45.1 Å². The van der Waals surface area contributed by atoms with Gasteiger partial charge in [-0.2, -0.15) is 0 Å². The molecule has 13 heteroatoms. The van der Waals surface area contributed by atoms with Gasteiger partial charge in [0.15, 0.2) is 0 Å². The van der Waals surface area contributed by atoms with Crippen molar-refractivity contribution in [2.75, 3.05) is 26.3 Å². The standard InChI is InChI=1S/C29H39ClN6O4S2/c1-18-26(34-42(38)28(3,4)5)29(16-40-18)9-11-35(12-10-29)19(2)32-13-23(31-6)41-22-8-7-21-24(25(22)30)27(37)36(17-33-21)14-20-15-39-20/h7-8,13,17-18,20,26,34H,6,9-12,14-16H2,1-5H3/b23-13+,32-19?/t18-,20?,26+,42?/m0/s1. The van der Waals surface area contributed by atoms with Gasteiger partial charge in [0.05, 0.1) is 66.5 Å². The van der Waals surface area contributed by atoms with Gasteiger partial charge in [-0.25, -0.2) is 9.98 Å². The summed E-state index contributed by atoms with van der Waals surface area (Å²) in [5.41, 5.74) is 0.295. The molecule has 4 heterocycles. The highest BCUT2D eigenvalue weighted by Gasteiger charge is 2.52. The van der Waals surface area contributed by atoms with Crippen LogP contribution in [0.1, 0.15) is 47.5 Å². The Morgan fingerprint density at radius 1 is 1.36 bits per heavy atom. The molecule has 1 spiro atoms. The van der Waals surface area contributed by atoms with E-state index in [0.717, 1.165) is 31.8 Å². The highest BCUT2D eigenvalue weighted by molar-refractivity contribution is 8.03. The van der Waals surface area contributed by atoms with Gasteiger partial charge in [-0.15, -0.1) is 4.72 Å². The van der Waals surface area contributed by atoms with E-state index in [1.54, 1.807) is 16.8 Å². The topological polar surface area (TPSA) is 120 Å². The van der Waals surface area contributed by atoms with Gasteiger partial charge in [0.25, 0.3) is 5.56 Å². The number of nitrogens with zero attached hydrogens (tertiary/aromatic N) is 5. The van der Waals surface area contributed by atoms with Crippen LogP contribution in [-0.4, -0.2) is 80.9 Å². The predicted molar refractivity (Wildman–Crippen MR) is 171 cm³/mol. The number of epoxide rings is 1. The van der Waals surface area contributed by atoms with Crippen LogP contribution < -0.4 is 10.3 Å². The molecule has 2 aromatic rings. The molecule has 0 radical (unpaired) electrons. The van der Waals surface area contributed by atoms with Crippen LogP contribution in [0.25, 0.3) is 10.9 Å². The minimum absolute atomic E-state index is 0.00611. The van der Waals surface area contributed by atoms with Crippen molar-refractivity contribution in [2.45, 2.75) is 81.9 Å². The maximum absolute atomic E-state index is 13.1. The van der Waals surface area contributed by atoms with E-state index in [9.17, 15) is 9.35 Å². The van der Waals surface area contributed by atoms with Gasteiger partial charge in [0.2, 0.25) is 0 Å². The lowest BCUT2D eigenvalue weighted by molar-refractivity contribution is 0.0837. The SMILES string of the molecule is C=N/C(=C\N=C(C)N1CCC2(CC1)CO[C@@H](C)[C@H]2N[S+]([O-])C(C)(C)C)Sc1ccc2ncn(CC3CO3)c(=O)c2c1Cl. The lowest BCUT2D eigenvalue weighted by atomic mass is 9.73. The number of aliphatic imine (C=N–C) groups is 2. The lowest BCUT2D eigenvalue weighted by Crippen LogP contribution is -2.57. The monoisotopic (exact) mass is 634 g/mol. The minimum atomic E-state index is -1.16. The number of piperidine rings is 1. The summed E-state index contributed by atoms with van der Waals surface area (Å²) in [7, 11) is 0. The van der Waals surface area contributed by atoms with Crippen LogP contribution in [0.4, 0.5) is 0 Å². The normalized spacial score (nSPS) is 25.3. The van der Waals surface area contributed by atoms with Crippen molar-refractivity contribution in [1.29, 1.82) is 0 Å². The van der Waals surface area contributed by atoms with Crippen LogP contribution in [0.5, 0.6) is 0 Å². The molecule has 0 bridgehead atoms. The molecule has 2 unspecified atom stereocenters. The van der Waals surface area contributed by atoms with Gasteiger partial charge in [0.1, 0.15) is 15.6 Å². The zero-order valence-electron chi connectivity index (χ0n) is 24.8. The van der Waals surface area contributed by atoms with E-state index in [2.05, 4.69) is 33.2 Å². The van der Waals surface area contributed by atoms with E-state index >= 15 is 0 Å². The Morgan fingerprint density at radius 3 is 2.71 bits per heavy atom. The summed E-state index contributed by atoms with van der Waals surface area (Å²) in [5, 5.41) is 1.27. The molecular weight excluding hydrogens is 596 g/mol. The van der Waals surface area contributed by atoms with Gasteiger partial charge in [-0.05, 0) is 66.3 Å². The van der Waals surface area contributed by atoms with E-state index in [4.69, 9.17) is 26.1 Å². The first kappa shape index (κ1) is 31.5. The molecule has 3 fully saturated rings. The summed E-state index contributed by atoms with van der Waals surface area (Å²) < 4.78 is 28.8. The van der Waals surface area contributed by atoms with E-state index in [1.165, 1.54) is 18.1 Å². The Morgan fingerprint density at radius 2 is 2.07 bits per heavy atom. The van der Waals surface area contributed by atoms with Crippen molar-refractivity contribution in [1.82, 2.24) is 19.2 Å². The van der Waals surface area contributed by atoms with Gasteiger partial charge in [-0.3, -0.25) is 14.4 Å². The molecule has 4 atom stereocenters. The fraction of sp³-hybridized carbons (Fsp3) is 0.586. The number of nitrogens with one attached hydrogen (secondary N) is 1. The second kappa shape index (κ2) is 12.6. The summed E-state index contributed by atoms with van der Waals surface area (Å²) >= 11 is 6.86. The first-order chi connectivity index (χ1) is 19.9. The smallest absolute Gasteiger partial charge is 0.262 e. The molecule has 1 N–H and O–H groups in total. The van der Waals surface area contributed by atoms with Crippen molar-refractivity contribution in [2.24, 2.45) is 15.4 Å². The highest BCUT2D eigenvalue weighted by atomic mass is 35.5. The summed E-state index contributed by atoms with van der Waals surface area (Å²) in [6.07, 6.45) is 5.11. The zero-order valence-corrected chi connectivity index (χ0v) is 27.2. The number of thioether (sulfide) groups is 1. The summed E-state index contributed by atoms with van der Waals surface area (Å²) in [4.78, 5) is 29.3. The van der Waals surface area contributed by atoms with E-state index in [1.807, 2.05) is 33.8 Å². The average molecular weight is 635 g/mol. The second-order valence-corrected chi connectivity index (χ2v) is 15.6. The van der Waals surface area contributed by atoms with Gasteiger partial charge < -0.3 is 18.9 Å². The van der Waals surface area contributed by atoms with Crippen molar-refractivity contribution in [3.8, 4) is 0 Å². The van der Waals surface area contributed by atoms with Crippen molar-refractivity contribution in [3.63, 3.8) is 0 Å². The fourth-order valence-electron chi connectivity index (χ4n) is 5.46. The van der Waals surface area contributed by atoms with E-state index < -0.39 is 11.4 Å². The van der Waals surface area contributed by atoms with Crippen LogP contribution in [0.2, 0.25) is 5.02 Å². The number of ether oxygens (including phenoxy) is 2. The number of benzene rings is 1. The van der Waals surface area contributed by atoms with E-state index in [-0.39, 0.29) is 34.0 Å². The average Bonchev–Trinajstić information content (AvgIpc) is 3.73. The molecule has 5 rings (SSSR count). The second-order valence-electron chi connectivity index (χ2n) is 12.2.